The van der Waals surface area contributed by atoms with Gasteiger partial charge in [0.2, 0.25) is 15.9 Å². The molecule has 5 nitrogen and oxygen atoms in total. The summed E-state index contributed by atoms with van der Waals surface area (Å²) in [7, 11) is -3.25. The number of nitrogens with one attached hydrogen (secondary N) is 1. The summed E-state index contributed by atoms with van der Waals surface area (Å²) in [4.78, 5) is 11.0. The highest BCUT2D eigenvalue weighted by molar-refractivity contribution is 7.89. The number of nitrogens with zero attached hydrogens (tertiary/aromatic N) is 1. The van der Waals surface area contributed by atoms with Crippen molar-refractivity contribution in [2.45, 2.75) is 18.2 Å². The van der Waals surface area contributed by atoms with Crippen LogP contribution in [0.2, 0.25) is 0 Å². The molecule has 2 rings (SSSR count). The quantitative estimate of drug-likeness (QED) is 0.785. The Labute approximate surface area is 107 Å². The Hall–Kier alpha value is -1.40. The zero-order valence-corrected chi connectivity index (χ0v) is 11.0. The molecule has 0 spiro atoms. The van der Waals surface area contributed by atoms with Gasteiger partial charge in [-0.05, 0) is 24.1 Å². The summed E-state index contributed by atoms with van der Waals surface area (Å²) in [6.45, 7) is 3.27. The third kappa shape index (κ3) is 3.08. The molecule has 6 heteroatoms. The fraction of sp³-hybridized carbons (Fsp3) is 0.417. The second-order valence-corrected chi connectivity index (χ2v) is 6.22. The summed E-state index contributed by atoms with van der Waals surface area (Å²) in [6.07, 6.45) is 0.698. The van der Waals surface area contributed by atoms with E-state index >= 15 is 0 Å². The highest BCUT2D eigenvalue weighted by atomic mass is 32.2. The Morgan fingerprint density at radius 3 is 2.39 bits per heavy atom. The summed E-state index contributed by atoms with van der Waals surface area (Å²) in [5.74, 6) is -0.0595. The lowest BCUT2D eigenvalue weighted by atomic mass is 10.1. The van der Waals surface area contributed by atoms with Gasteiger partial charge in [0, 0.05) is 26.6 Å². The first kappa shape index (κ1) is 13.0. The molecule has 1 aromatic rings. The van der Waals surface area contributed by atoms with Crippen molar-refractivity contribution in [2.24, 2.45) is 0 Å². The molecule has 0 atom stereocenters. The Balaban J connectivity index is 1.99. The molecule has 0 bridgehead atoms. The summed E-state index contributed by atoms with van der Waals surface area (Å²) in [6, 6.07) is 6.82. The molecule has 98 valence electrons. The van der Waals surface area contributed by atoms with E-state index < -0.39 is 10.0 Å². The molecule has 1 amide bonds. The lowest BCUT2D eigenvalue weighted by Gasteiger charge is -2.06. The van der Waals surface area contributed by atoms with Crippen LogP contribution in [0.4, 0.5) is 0 Å². The van der Waals surface area contributed by atoms with Crippen molar-refractivity contribution in [1.82, 2.24) is 9.62 Å². The lowest BCUT2D eigenvalue weighted by Crippen LogP contribution is -2.22. The molecular weight excluding hydrogens is 252 g/mol. The van der Waals surface area contributed by atoms with Crippen molar-refractivity contribution < 1.29 is 13.2 Å². The molecular formula is C12H16N2O3S. The van der Waals surface area contributed by atoms with Crippen molar-refractivity contribution in [3.63, 3.8) is 0 Å². The Morgan fingerprint density at radius 2 is 1.89 bits per heavy atom. The number of hydrogen-bond acceptors (Lipinski definition) is 3. The first-order chi connectivity index (χ1) is 8.50. The highest BCUT2D eigenvalue weighted by Gasteiger charge is 2.32. The summed E-state index contributed by atoms with van der Waals surface area (Å²) < 4.78 is 25.2. The minimum atomic E-state index is -3.25. The van der Waals surface area contributed by atoms with Crippen LogP contribution in [0, 0.1) is 0 Å². The average Bonchev–Trinajstić information content (AvgIpc) is 3.13. The number of hydrogen-bond donors (Lipinski definition) is 1. The zero-order valence-electron chi connectivity index (χ0n) is 10.2. The predicted molar refractivity (Wildman–Crippen MR) is 67.6 cm³/mol. The van der Waals surface area contributed by atoms with Crippen molar-refractivity contribution in [2.75, 3.05) is 19.6 Å². The van der Waals surface area contributed by atoms with Gasteiger partial charge in [0.05, 0.1) is 4.90 Å². The van der Waals surface area contributed by atoms with E-state index in [1.807, 2.05) is 0 Å². The standard InChI is InChI=1S/C12H16N2O3S/c1-10(15)13-7-6-11-2-4-12(5-3-11)18(16,17)14-8-9-14/h2-5H,6-9H2,1H3,(H,13,15). The van der Waals surface area contributed by atoms with Gasteiger partial charge in [0.25, 0.3) is 0 Å². The molecule has 0 aliphatic carbocycles. The molecule has 0 radical (unpaired) electrons. The minimum Gasteiger partial charge on any atom is -0.356 e. The SMILES string of the molecule is CC(=O)NCCc1ccc(S(=O)(=O)N2CC2)cc1. The molecule has 1 N–H and O–H groups in total. The normalized spacial score (nSPS) is 15.4. The highest BCUT2D eigenvalue weighted by Crippen LogP contribution is 2.21. The van der Waals surface area contributed by atoms with E-state index in [0.29, 0.717) is 31.0 Å². The van der Waals surface area contributed by atoms with Crippen LogP contribution in [-0.4, -0.2) is 38.3 Å². The molecule has 1 aliphatic heterocycles. The molecule has 1 heterocycles. The van der Waals surface area contributed by atoms with Crippen molar-refractivity contribution >= 4 is 15.9 Å². The van der Waals surface area contributed by atoms with Gasteiger partial charge in [-0.25, -0.2) is 8.42 Å². The lowest BCUT2D eigenvalue weighted by molar-refractivity contribution is -0.118. The van der Waals surface area contributed by atoms with Gasteiger partial charge < -0.3 is 5.32 Å². The van der Waals surface area contributed by atoms with Gasteiger partial charge in [-0.15, -0.1) is 0 Å². The van der Waals surface area contributed by atoms with Crippen LogP contribution in [0.1, 0.15) is 12.5 Å². The number of benzene rings is 1. The topological polar surface area (TPSA) is 66.2 Å². The molecule has 18 heavy (non-hydrogen) atoms. The summed E-state index contributed by atoms with van der Waals surface area (Å²) in [5.41, 5.74) is 1.01. The third-order valence-electron chi connectivity index (χ3n) is 2.75. The molecule has 1 aliphatic rings. The van der Waals surface area contributed by atoms with E-state index in [0.717, 1.165) is 5.56 Å². The summed E-state index contributed by atoms with van der Waals surface area (Å²) in [5, 5.41) is 2.70. The Kier molecular flexibility index (Phi) is 3.68. The van der Waals surface area contributed by atoms with E-state index in [-0.39, 0.29) is 5.91 Å². The van der Waals surface area contributed by atoms with Crippen molar-refractivity contribution in [3.05, 3.63) is 29.8 Å². The van der Waals surface area contributed by atoms with Gasteiger partial charge in [-0.1, -0.05) is 12.1 Å². The number of carbonyl (C=O) groups is 1. The molecule has 1 fully saturated rings. The monoisotopic (exact) mass is 268 g/mol. The van der Waals surface area contributed by atoms with Crippen LogP contribution in [0.5, 0.6) is 0 Å². The second kappa shape index (κ2) is 5.07. The smallest absolute Gasteiger partial charge is 0.243 e. The van der Waals surface area contributed by atoms with E-state index in [9.17, 15) is 13.2 Å². The summed E-state index contributed by atoms with van der Waals surface area (Å²) >= 11 is 0. The van der Waals surface area contributed by atoms with Gasteiger partial charge >= 0.3 is 0 Å². The fourth-order valence-corrected chi connectivity index (χ4v) is 2.98. The largest absolute Gasteiger partial charge is 0.356 e. The van der Waals surface area contributed by atoms with Crippen LogP contribution in [-0.2, 0) is 21.2 Å². The first-order valence-electron chi connectivity index (χ1n) is 5.84. The zero-order chi connectivity index (χ0) is 13.2. The number of carbonyl (C=O) groups excluding carboxylic acids is 1. The van der Waals surface area contributed by atoms with Crippen LogP contribution >= 0.6 is 0 Å². The van der Waals surface area contributed by atoms with Crippen molar-refractivity contribution in [1.29, 1.82) is 0 Å². The second-order valence-electron chi connectivity index (χ2n) is 4.28. The van der Waals surface area contributed by atoms with Gasteiger partial charge in [-0.3, -0.25) is 4.79 Å². The number of amides is 1. The average molecular weight is 268 g/mol. The van der Waals surface area contributed by atoms with E-state index in [4.69, 9.17) is 0 Å². The molecule has 1 saturated heterocycles. The minimum absolute atomic E-state index is 0.0595. The third-order valence-corrected chi connectivity index (χ3v) is 4.67. The first-order valence-corrected chi connectivity index (χ1v) is 7.28. The van der Waals surface area contributed by atoms with Crippen LogP contribution in [0.3, 0.4) is 0 Å². The van der Waals surface area contributed by atoms with Crippen LogP contribution < -0.4 is 5.32 Å². The predicted octanol–water partition coefficient (Wildman–Crippen LogP) is 0.370. The Bertz CT molecular complexity index is 533. The molecule has 1 aromatic carbocycles. The van der Waals surface area contributed by atoms with Crippen LogP contribution in [0.15, 0.2) is 29.2 Å². The van der Waals surface area contributed by atoms with Gasteiger partial charge in [0.15, 0.2) is 0 Å². The van der Waals surface area contributed by atoms with Crippen LogP contribution in [0.25, 0.3) is 0 Å². The van der Waals surface area contributed by atoms with E-state index in [2.05, 4.69) is 5.32 Å². The van der Waals surface area contributed by atoms with Crippen molar-refractivity contribution in [3.8, 4) is 0 Å². The van der Waals surface area contributed by atoms with Gasteiger partial charge in [0.1, 0.15) is 0 Å². The maximum absolute atomic E-state index is 11.9. The van der Waals surface area contributed by atoms with Gasteiger partial charge in [-0.2, -0.15) is 4.31 Å². The maximum atomic E-state index is 11.9. The maximum Gasteiger partial charge on any atom is 0.243 e. The molecule has 0 saturated carbocycles. The van der Waals surface area contributed by atoms with E-state index in [1.54, 1.807) is 24.3 Å². The number of rotatable bonds is 5. The number of sulfonamides is 1. The Morgan fingerprint density at radius 1 is 1.28 bits per heavy atom. The molecule has 0 unspecified atom stereocenters. The molecule has 0 aromatic heterocycles. The fourth-order valence-electron chi connectivity index (χ4n) is 1.64. The van der Waals surface area contributed by atoms with E-state index in [1.165, 1.54) is 11.2 Å².